The van der Waals surface area contributed by atoms with Gasteiger partial charge in [0.2, 0.25) is 0 Å². The Hall–Kier alpha value is -0.0800. The third kappa shape index (κ3) is 2.76. The zero-order valence-corrected chi connectivity index (χ0v) is 8.09. The second-order valence-corrected chi connectivity index (χ2v) is 3.75. The number of rotatable bonds is 4. The van der Waals surface area contributed by atoms with Crippen LogP contribution in [0.5, 0.6) is 0 Å². The van der Waals surface area contributed by atoms with Crippen LogP contribution in [0.2, 0.25) is 0 Å². The zero-order chi connectivity index (χ0) is 8.81. The summed E-state index contributed by atoms with van der Waals surface area (Å²) in [5.74, 6) is 0.785. The first-order valence-corrected chi connectivity index (χ1v) is 5.11. The fraction of sp³-hybridized carbons (Fsp3) is 1.00. The molecular formula is C10H21NO. The first-order valence-electron chi connectivity index (χ1n) is 5.11. The average Bonchev–Trinajstić information content (AvgIpc) is 2.15. The Balaban J connectivity index is 2.26. The van der Waals surface area contributed by atoms with Gasteiger partial charge in [-0.3, -0.25) is 0 Å². The molecule has 2 atom stereocenters. The summed E-state index contributed by atoms with van der Waals surface area (Å²) in [6, 6.07) is 0. The molecule has 0 amide bonds. The Morgan fingerprint density at radius 3 is 2.75 bits per heavy atom. The Morgan fingerprint density at radius 2 is 2.08 bits per heavy atom. The average molecular weight is 171 g/mol. The molecule has 0 saturated heterocycles. The molecule has 72 valence electrons. The first kappa shape index (κ1) is 10.0. The van der Waals surface area contributed by atoms with Gasteiger partial charge in [-0.2, -0.15) is 0 Å². The van der Waals surface area contributed by atoms with Crippen molar-refractivity contribution < 1.29 is 4.74 Å². The van der Waals surface area contributed by atoms with E-state index in [1.165, 1.54) is 32.1 Å². The third-order valence-corrected chi connectivity index (χ3v) is 2.92. The number of methoxy groups -OCH3 is 1. The molecule has 2 nitrogen and oxygen atoms in total. The van der Waals surface area contributed by atoms with Crippen molar-refractivity contribution in [3.8, 4) is 0 Å². The molecule has 1 saturated carbocycles. The second kappa shape index (κ2) is 5.55. The normalized spacial score (nSPS) is 30.5. The van der Waals surface area contributed by atoms with Crippen molar-refractivity contribution in [2.45, 2.75) is 44.6 Å². The molecule has 2 unspecified atom stereocenters. The van der Waals surface area contributed by atoms with Crippen molar-refractivity contribution in [1.29, 1.82) is 0 Å². The summed E-state index contributed by atoms with van der Waals surface area (Å²) < 4.78 is 5.46. The van der Waals surface area contributed by atoms with Crippen LogP contribution < -0.4 is 5.73 Å². The van der Waals surface area contributed by atoms with Gasteiger partial charge in [-0.05, 0) is 38.1 Å². The summed E-state index contributed by atoms with van der Waals surface area (Å²) in [6.45, 7) is 0.826. The molecule has 1 fully saturated rings. The highest BCUT2D eigenvalue weighted by Crippen LogP contribution is 2.29. The van der Waals surface area contributed by atoms with Crippen LogP contribution in [0, 0.1) is 5.92 Å². The molecule has 1 aliphatic rings. The number of nitrogens with two attached hydrogens (primary N) is 1. The van der Waals surface area contributed by atoms with E-state index in [1.807, 2.05) is 7.11 Å². The molecule has 0 aromatic heterocycles. The van der Waals surface area contributed by atoms with Crippen LogP contribution in [-0.2, 0) is 4.74 Å². The van der Waals surface area contributed by atoms with Gasteiger partial charge in [0.15, 0.2) is 0 Å². The van der Waals surface area contributed by atoms with Crippen LogP contribution in [-0.4, -0.2) is 19.8 Å². The number of hydrogen-bond acceptors (Lipinski definition) is 2. The van der Waals surface area contributed by atoms with E-state index in [2.05, 4.69) is 0 Å². The summed E-state index contributed by atoms with van der Waals surface area (Å²) in [7, 11) is 1.84. The molecule has 0 heterocycles. The molecular weight excluding hydrogens is 150 g/mol. The maximum absolute atomic E-state index is 5.49. The van der Waals surface area contributed by atoms with E-state index in [-0.39, 0.29) is 0 Å². The quantitative estimate of drug-likeness (QED) is 0.701. The van der Waals surface area contributed by atoms with Gasteiger partial charge in [0, 0.05) is 7.11 Å². The van der Waals surface area contributed by atoms with Gasteiger partial charge in [-0.15, -0.1) is 0 Å². The topological polar surface area (TPSA) is 35.2 Å². The van der Waals surface area contributed by atoms with Gasteiger partial charge in [-0.1, -0.05) is 12.8 Å². The number of ether oxygens (including phenoxy) is 1. The molecule has 0 bridgehead atoms. The maximum atomic E-state index is 5.49. The highest BCUT2D eigenvalue weighted by Gasteiger charge is 2.23. The first-order chi connectivity index (χ1) is 5.88. The van der Waals surface area contributed by atoms with Gasteiger partial charge in [0.1, 0.15) is 0 Å². The molecule has 2 heteroatoms. The van der Waals surface area contributed by atoms with E-state index in [4.69, 9.17) is 10.5 Å². The molecule has 1 rings (SSSR count). The molecule has 12 heavy (non-hydrogen) atoms. The SMILES string of the molecule is COC1CCCCC1CCCN. The van der Waals surface area contributed by atoms with E-state index < -0.39 is 0 Å². The summed E-state index contributed by atoms with van der Waals surface area (Å²) in [4.78, 5) is 0. The van der Waals surface area contributed by atoms with Crippen LogP contribution in [0.1, 0.15) is 38.5 Å². The van der Waals surface area contributed by atoms with Gasteiger partial charge >= 0.3 is 0 Å². The fourth-order valence-corrected chi connectivity index (χ4v) is 2.19. The maximum Gasteiger partial charge on any atom is 0.0599 e. The summed E-state index contributed by atoms with van der Waals surface area (Å²) in [5.41, 5.74) is 5.49. The highest BCUT2D eigenvalue weighted by atomic mass is 16.5. The monoisotopic (exact) mass is 171 g/mol. The molecule has 0 radical (unpaired) electrons. The molecule has 1 aliphatic carbocycles. The van der Waals surface area contributed by atoms with Gasteiger partial charge < -0.3 is 10.5 Å². The van der Waals surface area contributed by atoms with Gasteiger partial charge in [0.25, 0.3) is 0 Å². The van der Waals surface area contributed by atoms with Gasteiger partial charge in [-0.25, -0.2) is 0 Å². The summed E-state index contributed by atoms with van der Waals surface area (Å²) >= 11 is 0. The minimum Gasteiger partial charge on any atom is -0.381 e. The minimum atomic E-state index is 0.519. The van der Waals surface area contributed by atoms with E-state index >= 15 is 0 Å². The molecule has 0 spiro atoms. The third-order valence-electron chi connectivity index (χ3n) is 2.92. The zero-order valence-electron chi connectivity index (χ0n) is 8.09. The van der Waals surface area contributed by atoms with Crippen LogP contribution in [0.4, 0.5) is 0 Å². The van der Waals surface area contributed by atoms with Crippen molar-refractivity contribution in [2.24, 2.45) is 11.7 Å². The van der Waals surface area contributed by atoms with E-state index in [0.29, 0.717) is 6.10 Å². The van der Waals surface area contributed by atoms with Crippen molar-refractivity contribution in [3.63, 3.8) is 0 Å². The lowest BCUT2D eigenvalue weighted by Gasteiger charge is -2.30. The lowest BCUT2D eigenvalue weighted by molar-refractivity contribution is 0.0199. The Morgan fingerprint density at radius 1 is 1.33 bits per heavy atom. The van der Waals surface area contributed by atoms with Gasteiger partial charge in [0.05, 0.1) is 6.10 Å². The second-order valence-electron chi connectivity index (χ2n) is 3.75. The van der Waals surface area contributed by atoms with Crippen molar-refractivity contribution in [3.05, 3.63) is 0 Å². The smallest absolute Gasteiger partial charge is 0.0599 e. The van der Waals surface area contributed by atoms with E-state index in [1.54, 1.807) is 0 Å². The largest absolute Gasteiger partial charge is 0.381 e. The van der Waals surface area contributed by atoms with Crippen molar-refractivity contribution >= 4 is 0 Å². The Labute approximate surface area is 75.5 Å². The van der Waals surface area contributed by atoms with E-state index in [9.17, 15) is 0 Å². The van der Waals surface area contributed by atoms with Crippen molar-refractivity contribution in [2.75, 3.05) is 13.7 Å². The highest BCUT2D eigenvalue weighted by molar-refractivity contribution is 4.75. The van der Waals surface area contributed by atoms with Crippen LogP contribution in [0.15, 0.2) is 0 Å². The molecule has 0 aliphatic heterocycles. The minimum absolute atomic E-state index is 0.519. The molecule has 0 aromatic carbocycles. The molecule has 0 aromatic rings. The molecule has 2 N–H and O–H groups in total. The predicted octanol–water partition coefficient (Wildman–Crippen LogP) is 1.93. The predicted molar refractivity (Wildman–Crippen MR) is 51.0 cm³/mol. The van der Waals surface area contributed by atoms with Crippen LogP contribution in [0.25, 0.3) is 0 Å². The fourth-order valence-electron chi connectivity index (χ4n) is 2.19. The van der Waals surface area contributed by atoms with Crippen LogP contribution >= 0.6 is 0 Å². The number of hydrogen-bond donors (Lipinski definition) is 1. The van der Waals surface area contributed by atoms with Crippen molar-refractivity contribution in [1.82, 2.24) is 0 Å². The standard InChI is InChI=1S/C10H21NO/c1-12-10-7-3-2-5-9(10)6-4-8-11/h9-10H,2-8,11H2,1H3. The van der Waals surface area contributed by atoms with E-state index in [0.717, 1.165) is 18.9 Å². The Kier molecular flexibility index (Phi) is 4.62. The lowest BCUT2D eigenvalue weighted by atomic mass is 9.83. The van der Waals surface area contributed by atoms with Crippen LogP contribution in [0.3, 0.4) is 0 Å². The Bertz CT molecular complexity index is 116. The summed E-state index contributed by atoms with van der Waals surface area (Å²) in [6.07, 6.45) is 8.27. The summed E-state index contributed by atoms with van der Waals surface area (Å²) in [5, 5.41) is 0. The lowest BCUT2D eigenvalue weighted by Crippen LogP contribution is -2.27.